The first kappa shape index (κ1) is 14.2. The van der Waals surface area contributed by atoms with Crippen LogP contribution < -0.4 is 5.73 Å². The average molecular weight is 250 g/mol. The van der Waals surface area contributed by atoms with Gasteiger partial charge in [0, 0.05) is 10.6 Å². The van der Waals surface area contributed by atoms with Crippen molar-refractivity contribution in [1.29, 1.82) is 0 Å². The van der Waals surface area contributed by atoms with Crippen molar-refractivity contribution in [1.82, 2.24) is 0 Å². The molecule has 0 aromatic heterocycles. The first-order valence-corrected chi connectivity index (χ1v) is 4.50. The Morgan fingerprint density at radius 1 is 1.47 bits per heavy atom. The molecule has 0 amide bonds. The number of rotatable bonds is 2. The number of halogens is 2. The number of benzene rings is 1. The fraction of sp³-hybridized carbons (Fsp3) is 0.300. The van der Waals surface area contributed by atoms with Crippen molar-refractivity contribution >= 4 is 30.0 Å². The van der Waals surface area contributed by atoms with Crippen LogP contribution in [0, 0.1) is 0 Å². The highest BCUT2D eigenvalue weighted by atomic mass is 35.5. The maximum Gasteiger partial charge on any atom is 0.330 e. The quantitative estimate of drug-likeness (QED) is 0.818. The van der Waals surface area contributed by atoms with E-state index in [0.717, 1.165) is 0 Å². The van der Waals surface area contributed by atoms with Gasteiger partial charge in [-0.15, -0.1) is 12.4 Å². The van der Waals surface area contributed by atoms with Crippen molar-refractivity contribution in [3.63, 3.8) is 0 Å². The maximum atomic E-state index is 11.4. The highest BCUT2D eigenvalue weighted by molar-refractivity contribution is 6.31. The molecule has 15 heavy (non-hydrogen) atoms. The molecule has 0 saturated carbocycles. The molecule has 0 aliphatic heterocycles. The molecule has 5 heteroatoms. The summed E-state index contributed by atoms with van der Waals surface area (Å²) in [6, 6.07) is 6.94. The number of ether oxygens (including phenoxy) is 1. The Morgan fingerprint density at radius 2 is 2.00 bits per heavy atom. The summed E-state index contributed by atoms with van der Waals surface area (Å²) in [6.45, 7) is 1.57. The van der Waals surface area contributed by atoms with E-state index in [2.05, 4.69) is 4.74 Å². The Bertz CT molecular complexity index is 353. The zero-order valence-corrected chi connectivity index (χ0v) is 10.1. The number of carbonyl (C=O) groups excluding carboxylic acids is 1. The molecule has 1 rings (SSSR count). The summed E-state index contributed by atoms with van der Waals surface area (Å²) in [5.74, 6) is -0.509. The number of nitrogens with two attached hydrogens (primary N) is 1. The van der Waals surface area contributed by atoms with Crippen molar-refractivity contribution in [3.8, 4) is 0 Å². The summed E-state index contributed by atoms with van der Waals surface area (Å²) in [7, 11) is 1.30. The Morgan fingerprint density at radius 3 is 2.47 bits per heavy atom. The van der Waals surface area contributed by atoms with Gasteiger partial charge in [-0.25, -0.2) is 4.79 Å². The van der Waals surface area contributed by atoms with Gasteiger partial charge in [-0.3, -0.25) is 0 Å². The van der Waals surface area contributed by atoms with Crippen LogP contribution >= 0.6 is 24.0 Å². The standard InChI is InChI=1S/C10H12ClNO2.ClH/c1-10(12,9(13)14-2)7-5-3-4-6-8(7)11;/h3-6H,12H2,1-2H3;1H/t10-;/m0./s1. The van der Waals surface area contributed by atoms with Gasteiger partial charge in [-0.05, 0) is 13.0 Å². The molecule has 0 saturated heterocycles. The van der Waals surface area contributed by atoms with Gasteiger partial charge in [0.05, 0.1) is 7.11 Å². The summed E-state index contributed by atoms with van der Waals surface area (Å²) in [5.41, 5.74) is 5.20. The molecule has 0 fully saturated rings. The van der Waals surface area contributed by atoms with Gasteiger partial charge < -0.3 is 10.5 Å². The Balaban J connectivity index is 0.00000196. The summed E-state index contributed by atoms with van der Waals surface area (Å²) in [6.07, 6.45) is 0. The first-order chi connectivity index (χ1) is 6.50. The van der Waals surface area contributed by atoms with Crippen LogP contribution in [0.5, 0.6) is 0 Å². The fourth-order valence-electron chi connectivity index (χ4n) is 1.20. The largest absolute Gasteiger partial charge is 0.467 e. The molecule has 0 radical (unpaired) electrons. The Labute approximate surface area is 100.0 Å². The predicted molar refractivity (Wildman–Crippen MR) is 62.3 cm³/mol. The lowest BCUT2D eigenvalue weighted by molar-refractivity contribution is -0.146. The van der Waals surface area contributed by atoms with Gasteiger partial charge in [-0.1, -0.05) is 29.8 Å². The van der Waals surface area contributed by atoms with Crippen LogP contribution in [0.25, 0.3) is 0 Å². The van der Waals surface area contributed by atoms with Gasteiger partial charge in [0.1, 0.15) is 5.54 Å². The number of methoxy groups -OCH3 is 1. The molecule has 0 heterocycles. The smallest absolute Gasteiger partial charge is 0.330 e. The van der Waals surface area contributed by atoms with E-state index in [1.807, 2.05) is 0 Å². The summed E-state index contributed by atoms with van der Waals surface area (Å²) in [5, 5.41) is 0.461. The third-order valence-corrected chi connectivity index (χ3v) is 2.37. The minimum Gasteiger partial charge on any atom is -0.467 e. The van der Waals surface area contributed by atoms with E-state index in [0.29, 0.717) is 10.6 Å². The molecular weight excluding hydrogens is 237 g/mol. The van der Waals surface area contributed by atoms with Crippen molar-refractivity contribution < 1.29 is 9.53 Å². The minimum absolute atomic E-state index is 0. The summed E-state index contributed by atoms with van der Waals surface area (Å²) < 4.78 is 4.60. The highest BCUT2D eigenvalue weighted by Crippen LogP contribution is 2.26. The van der Waals surface area contributed by atoms with Gasteiger partial charge in [0.15, 0.2) is 0 Å². The van der Waals surface area contributed by atoms with Crippen LogP contribution in [0.1, 0.15) is 12.5 Å². The second kappa shape index (κ2) is 5.35. The van der Waals surface area contributed by atoms with Crippen LogP contribution in [0.3, 0.4) is 0 Å². The summed E-state index contributed by atoms with van der Waals surface area (Å²) >= 11 is 5.92. The molecule has 1 aromatic carbocycles. The van der Waals surface area contributed by atoms with E-state index in [9.17, 15) is 4.79 Å². The number of esters is 1. The van der Waals surface area contributed by atoms with Gasteiger partial charge >= 0.3 is 5.97 Å². The molecule has 0 aliphatic rings. The predicted octanol–water partition coefficient (Wildman–Crippen LogP) is 2.11. The minimum atomic E-state index is -1.20. The average Bonchev–Trinajstić information content (AvgIpc) is 2.17. The molecule has 0 spiro atoms. The number of hydrogen-bond donors (Lipinski definition) is 1. The van der Waals surface area contributed by atoms with Crippen LogP contribution in [-0.2, 0) is 15.1 Å². The van der Waals surface area contributed by atoms with Crippen LogP contribution in [0.4, 0.5) is 0 Å². The van der Waals surface area contributed by atoms with E-state index in [1.165, 1.54) is 7.11 Å². The lowest BCUT2D eigenvalue weighted by atomic mass is 9.93. The second-order valence-corrected chi connectivity index (χ2v) is 3.58. The lowest BCUT2D eigenvalue weighted by Crippen LogP contribution is -2.42. The normalized spacial score (nSPS) is 13.6. The SMILES string of the molecule is COC(=O)[C@@](C)(N)c1ccccc1Cl.Cl. The van der Waals surface area contributed by atoms with E-state index >= 15 is 0 Å². The molecule has 1 atom stereocenters. The molecule has 0 aliphatic carbocycles. The molecule has 3 nitrogen and oxygen atoms in total. The Hall–Kier alpha value is -0.770. The van der Waals surface area contributed by atoms with Gasteiger partial charge in [0.25, 0.3) is 0 Å². The molecule has 84 valence electrons. The van der Waals surface area contributed by atoms with E-state index < -0.39 is 11.5 Å². The lowest BCUT2D eigenvalue weighted by Gasteiger charge is -2.22. The zero-order chi connectivity index (χ0) is 10.8. The third-order valence-electron chi connectivity index (χ3n) is 2.04. The van der Waals surface area contributed by atoms with E-state index in [1.54, 1.807) is 31.2 Å². The van der Waals surface area contributed by atoms with E-state index in [-0.39, 0.29) is 12.4 Å². The maximum absolute atomic E-state index is 11.4. The number of hydrogen-bond acceptors (Lipinski definition) is 3. The van der Waals surface area contributed by atoms with Crippen molar-refractivity contribution in [2.75, 3.05) is 7.11 Å². The highest BCUT2D eigenvalue weighted by Gasteiger charge is 2.33. The molecular formula is C10H13Cl2NO2. The topological polar surface area (TPSA) is 52.3 Å². The fourth-order valence-corrected chi connectivity index (χ4v) is 1.54. The summed E-state index contributed by atoms with van der Waals surface area (Å²) in [4.78, 5) is 11.4. The molecule has 0 unspecified atom stereocenters. The molecule has 2 N–H and O–H groups in total. The molecule has 0 bridgehead atoms. The van der Waals surface area contributed by atoms with Crippen molar-refractivity contribution in [2.24, 2.45) is 5.73 Å². The third kappa shape index (κ3) is 2.84. The first-order valence-electron chi connectivity index (χ1n) is 4.12. The molecule has 1 aromatic rings. The zero-order valence-electron chi connectivity index (χ0n) is 8.49. The second-order valence-electron chi connectivity index (χ2n) is 3.17. The van der Waals surface area contributed by atoms with Crippen molar-refractivity contribution in [2.45, 2.75) is 12.5 Å². The van der Waals surface area contributed by atoms with Crippen LogP contribution in [-0.4, -0.2) is 13.1 Å². The van der Waals surface area contributed by atoms with Crippen LogP contribution in [0.2, 0.25) is 5.02 Å². The number of carbonyl (C=O) groups is 1. The van der Waals surface area contributed by atoms with Crippen LogP contribution in [0.15, 0.2) is 24.3 Å². The Kier molecular flexibility index (Phi) is 5.08. The van der Waals surface area contributed by atoms with Crippen molar-refractivity contribution in [3.05, 3.63) is 34.9 Å². The monoisotopic (exact) mass is 249 g/mol. The van der Waals surface area contributed by atoms with E-state index in [4.69, 9.17) is 17.3 Å². The van der Waals surface area contributed by atoms with Gasteiger partial charge in [-0.2, -0.15) is 0 Å². The van der Waals surface area contributed by atoms with Gasteiger partial charge in [0.2, 0.25) is 0 Å².